The van der Waals surface area contributed by atoms with Gasteiger partial charge in [-0.3, -0.25) is 4.79 Å². The van der Waals surface area contributed by atoms with Crippen LogP contribution < -0.4 is 10.1 Å². The van der Waals surface area contributed by atoms with Crippen LogP contribution in [0.4, 0.5) is 5.69 Å². The van der Waals surface area contributed by atoms with Gasteiger partial charge in [-0.05, 0) is 37.6 Å². The Labute approximate surface area is 163 Å². The molecule has 27 heavy (non-hydrogen) atoms. The first-order valence-electron chi connectivity index (χ1n) is 8.51. The average Bonchev–Trinajstić information content (AvgIpc) is 3.01. The minimum Gasteiger partial charge on any atom is -0.495 e. The van der Waals surface area contributed by atoms with Crippen molar-refractivity contribution < 1.29 is 9.53 Å². The molecule has 3 aromatic rings. The third-order valence-corrected chi connectivity index (χ3v) is 5.09. The van der Waals surface area contributed by atoms with E-state index in [-0.39, 0.29) is 11.7 Å². The summed E-state index contributed by atoms with van der Waals surface area (Å²) in [7, 11) is 3.49. The molecule has 0 aliphatic carbocycles. The summed E-state index contributed by atoms with van der Waals surface area (Å²) in [5.41, 5.74) is 3.89. The number of carbonyl (C=O) groups is 1. The fourth-order valence-electron chi connectivity index (χ4n) is 2.71. The second-order valence-corrected chi connectivity index (χ2v) is 7.22. The molecule has 0 bridgehead atoms. The Balaban J connectivity index is 1.67. The second kappa shape index (κ2) is 8.26. The molecule has 0 saturated carbocycles. The standard InChI is InChI=1S/C20H22N4O2S/c1-13-6-5-7-15(10-13)19-22-23-20(24(19)3)27-12-18(25)21-16-11-14(2)8-9-17(16)26-4/h5-11H,12H2,1-4H3,(H,21,25). The van der Waals surface area contributed by atoms with Crippen molar-refractivity contribution in [2.45, 2.75) is 19.0 Å². The first kappa shape index (κ1) is 19.0. The van der Waals surface area contributed by atoms with Crippen LogP contribution in [-0.2, 0) is 11.8 Å². The van der Waals surface area contributed by atoms with Gasteiger partial charge in [0, 0.05) is 12.6 Å². The number of rotatable bonds is 6. The van der Waals surface area contributed by atoms with Crippen molar-refractivity contribution in [3.8, 4) is 17.1 Å². The molecule has 0 atom stereocenters. The van der Waals surface area contributed by atoms with Crippen LogP contribution in [0.15, 0.2) is 47.6 Å². The number of thioether (sulfide) groups is 1. The van der Waals surface area contributed by atoms with Gasteiger partial charge in [0.2, 0.25) is 5.91 Å². The normalized spacial score (nSPS) is 10.7. The quantitative estimate of drug-likeness (QED) is 0.656. The van der Waals surface area contributed by atoms with Crippen LogP contribution in [0.3, 0.4) is 0 Å². The van der Waals surface area contributed by atoms with E-state index in [9.17, 15) is 4.79 Å². The summed E-state index contributed by atoms with van der Waals surface area (Å²) < 4.78 is 7.20. The van der Waals surface area contributed by atoms with E-state index in [2.05, 4.69) is 21.6 Å². The molecule has 0 aliphatic rings. The molecule has 0 fully saturated rings. The fraction of sp³-hybridized carbons (Fsp3) is 0.250. The van der Waals surface area contributed by atoms with Gasteiger partial charge in [0.05, 0.1) is 18.6 Å². The van der Waals surface area contributed by atoms with Crippen molar-refractivity contribution in [2.24, 2.45) is 7.05 Å². The largest absolute Gasteiger partial charge is 0.495 e. The molecule has 0 saturated heterocycles. The number of aromatic nitrogens is 3. The molecule has 0 aliphatic heterocycles. The monoisotopic (exact) mass is 382 g/mol. The summed E-state index contributed by atoms with van der Waals surface area (Å²) >= 11 is 1.35. The smallest absolute Gasteiger partial charge is 0.234 e. The van der Waals surface area contributed by atoms with Crippen LogP contribution in [0.2, 0.25) is 0 Å². The number of aryl methyl sites for hydroxylation is 2. The fourth-order valence-corrected chi connectivity index (χ4v) is 3.42. The summed E-state index contributed by atoms with van der Waals surface area (Å²) in [4.78, 5) is 12.4. The number of benzene rings is 2. The van der Waals surface area contributed by atoms with Crippen molar-refractivity contribution in [3.05, 3.63) is 53.6 Å². The number of methoxy groups -OCH3 is 1. The van der Waals surface area contributed by atoms with Crippen LogP contribution in [0.5, 0.6) is 5.75 Å². The zero-order chi connectivity index (χ0) is 19.4. The maximum absolute atomic E-state index is 12.4. The van der Waals surface area contributed by atoms with E-state index in [0.717, 1.165) is 22.5 Å². The van der Waals surface area contributed by atoms with E-state index < -0.39 is 0 Å². The van der Waals surface area contributed by atoms with Gasteiger partial charge in [0.1, 0.15) is 5.75 Å². The average molecular weight is 382 g/mol. The van der Waals surface area contributed by atoms with Crippen LogP contribution in [0, 0.1) is 13.8 Å². The number of hydrogen-bond acceptors (Lipinski definition) is 5. The Bertz CT molecular complexity index is 968. The zero-order valence-electron chi connectivity index (χ0n) is 15.8. The first-order chi connectivity index (χ1) is 13.0. The van der Waals surface area contributed by atoms with Gasteiger partial charge in [-0.25, -0.2) is 0 Å². The lowest BCUT2D eigenvalue weighted by atomic mass is 10.1. The second-order valence-electron chi connectivity index (χ2n) is 6.28. The van der Waals surface area contributed by atoms with E-state index in [1.165, 1.54) is 11.8 Å². The number of carbonyl (C=O) groups excluding carboxylic acids is 1. The summed E-state index contributed by atoms with van der Waals surface area (Å²) in [5.74, 6) is 1.53. The predicted octanol–water partition coefficient (Wildman–Crippen LogP) is 3.84. The van der Waals surface area contributed by atoms with E-state index >= 15 is 0 Å². The van der Waals surface area contributed by atoms with Crippen LogP contribution in [0.25, 0.3) is 11.4 Å². The van der Waals surface area contributed by atoms with Gasteiger partial charge in [0.15, 0.2) is 11.0 Å². The number of anilines is 1. The molecule has 6 nitrogen and oxygen atoms in total. The molecule has 3 rings (SSSR count). The van der Waals surface area contributed by atoms with Crippen LogP contribution in [0.1, 0.15) is 11.1 Å². The summed E-state index contributed by atoms with van der Waals surface area (Å²) in [6, 6.07) is 13.8. The molecule has 140 valence electrons. The highest BCUT2D eigenvalue weighted by atomic mass is 32.2. The van der Waals surface area contributed by atoms with Crippen molar-refractivity contribution in [2.75, 3.05) is 18.2 Å². The Morgan fingerprint density at radius 2 is 1.93 bits per heavy atom. The Hall–Kier alpha value is -2.80. The minimum absolute atomic E-state index is 0.121. The number of nitrogens with zero attached hydrogens (tertiary/aromatic N) is 3. The molecule has 0 spiro atoms. The highest BCUT2D eigenvalue weighted by Crippen LogP contribution is 2.26. The molecule has 1 heterocycles. The number of hydrogen-bond donors (Lipinski definition) is 1. The predicted molar refractivity (Wildman–Crippen MR) is 108 cm³/mol. The Morgan fingerprint density at radius 1 is 1.15 bits per heavy atom. The molecule has 1 amide bonds. The highest BCUT2D eigenvalue weighted by molar-refractivity contribution is 7.99. The maximum atomic E-state index is 12.4. The van der Waals surface area contributed by atoms with Crippen molar-refractivity contribution in [3.63, 3.8) is 0 Å². The number of nitrogens with one attached hydrogen (secondary N) is 1. The number of ether oxygens (including phenoxy) is 1. The van der Waals surface area contributed by atoms with Crippen molar-refractivity contribution in [1.82, 2.24) is 14.8 Å². The molecule has 0 radical (unpaired) electrons. The van der Waals surface area contributed by atoms with E-state index in [4.69, 9.17) is 4.74 Å². The Morgan fingerprint density at radius 3 is 2.67 bits per heavy atom. The van der Waals surface area contributed by atoms with E-state index in [1.807, 2.05) is 61.9 Å². The molecule has 1 N–H and O–H groups in total. The van der Waals surface area contributed by atoms with Crippen LogP contribution >= 0.6 is 11.8 Å². The summed E-state index contributed by atoms with van der Waals surface area (Å²) in [5, 5.41) is 12.1. The Kier molecular flexibility index (Phi) is 5.81. The highest BCUT2D eigenvalue weighted by Gasteiger charge is 2.14. The minimum atomic E-state index is -0.121. The summed E-state index contributed by atoms with van der Waals surface area (Å²) in [6.45, 7) is 4.01. The number of amides is 1. The van der Waals surface area contributed by atoms with Gasteiger partial charge < -0.3 is 14.6 Å². The third kappa shape index (κ3) is 4.49. The lowest BCUT2D eigenvalue weighted by Crippen LogP contribution is -2.15. The molecule has 7 heteroatoms. The van der Waals surface area contributed by atoms with Crippen molar-refractivity contribution >= 4 is 23.4 Å². The summed E-state index contributed by atoms with van der Waals surface area (Å²) in [6.07, 6.45) is 0. The topological polar surface area (TPSA) is 69.0 Å². The van der Waals surface area contributed by atoms with Crippen LogP contribution in [-0.4, -0.2) is 33.5 Å². The molecule has 1 aromatic heterocycles. The first-order valence-corrected chi connectivity index (χ1v) is 9.50. The van der Waals surface area contributed by atoms with Gasteiger partial charge in [-0.15, -0.1) is 10.2 Å². The lowest BCUT2D eigenvalue weighted by molar-refractivity contribution is -0.113. The molecular weight excluding hydrogens is 360 g/mol. The maximum Gasteiger partial charge on any atom is 0.234 e. The zero-order valence-corrected chi connectivity index (χ0v) is 16.6. The van der Waals surface area contributed by atoms with E-state index in [1.54, 1.807) is 7.11 Å². The van der Waals surface area contributed by atoms with Gasteiger partial charge in [-0.2, -0.15) is 0 Å². The van der Waals surface area contributed by atoms with E-state index in [0.29, 0.717) is 16.6 Å². The third-order valence-electron chi connectivity index (χ3n) is 4.07. The van der Waals surface area contributed by atoms with Crippen molar-refractivity contribution in [1.29, 1.82) is 0 Å². The molecular formula is C20H22N4O2S. The molecule has 0 unspecified atom stereocenters. The van der Waals surface area contributed by atoms with Gasteiger partial charge in [0.25, 0.3) is 0 Å². The van der Waals surface area contributed by atoms with Gasteiger partial charge in [-0.1, -0.05) is 41.6 Å². The molecule has 2 aromatic carbocycles. The SMILES string of the molecule is COc1ccc(C)cc1NC(=O)CSc1nnc(-c2cccc(C)c2)n1C. The van der Waals surface area contributed by atoms with Gasteiger partial charge >= 0.3 is 0 Å². The lowest BCUT2D eigenvalue weighted by Gasteiger charge is -2.11.